The average molecular weight is 261 g/mol. The van der Waals surface area contributed by atoms with Gasteiger partial charge in [0, 0.05) is 12.1 Å². The number of aryl methyl sites for hydroxylation is 1. The van der Waals surface area contributed by atoms with Crippen LogP contribution in [0.25, 0.3) is 0 Å². The zero-order valence-electron chi connectivity index (χ0n) is 11.4. The van der Waals surface area contributed by atoms with Gasteiger partial charge in [-0.1, -0.05) is 17.7 Å². The third-order valence-corrected chi connectivity index (χ3v) is 3.32. The summed E-state index contributed by atoms with van der Waals surface area (Å²) in [6.07, 6.45) is 1.90. The normalized spacial score (nSPS) is 19.4. The van der Waals surface area contributed by atoms with Gasteiger partial charge in [0.15, 0.2) is 0 Å². The summed E-state index contributed by atoms with van der Waals surface area (Å²) in [5.41, 5.74) is 1.90. The topological polar surface area (TPSA) is 46.6 Å². The van der Waals surface area contributed by atoms with Gasteiger partial charge >= 0.3 is 5.97 Å². The molecule has 1 unspecified atom stereocenters. The first kappa shape index (κ1) is 13.6. The Morgan fingerprint density at radius 1 is 1.37 bits per heavy atom. The number of rotatable bonds is 3. The second-order valence-electron chi connectivity index (χ2n) is 4.76. The minimum atomic E-state index is -0.482. The van der Waals surface area contributed by atoms with Gasteiger partial charge in [-0.25, -0.2) is 4.79 Å². The number of esters is 1. The molecule has 102 valence electrons. The molecule has 1 saturated heterocycles. The molecule has 1 fully saturated rings. The molecule has 1 aromatic carbocycles. The Labute approximate surface area is 113 Å². The van der Waals surface area contributed by atoms with Crippen molar-refractivity contribution in [2.75, 3.05) is 11.5 Å². The first-order valence-corrected chi connectivity index (χ1v) is 6.69. The number of anilines is 1. The number of amides is 1. The molecule has 1 amide bonds. The lowest BCUT2D eigenvalue weighted by Gasteiger charge is -2.34. The van der Waals surface area contributed by atoms with E-state index in [1.165, 1.54) is 0 Å². The van der Waals surface area contributed by atoms with Gasteiger partial charge in [-0.05, 0) is 38.8 Å². The fourth-order valence-electron chi connectivity index (χ4n) is 2.36. The summed E-state index contributed by atoms with van der Waals surface area (Å²) in [5, 5.41) is 0. The Morgan fingerprint density at radius 3 is 2.68 bits per heavy atom. The minimum absolute atomic E-state index is 0.00634. The second-order valence-corrected chi connectivity index (χ2v) is 4.76. The lowest BCUT2D eigenvalue weighted by molar-refractivity contribution is -0.146. The Morgan fingerprint density at radius 2 is 2.05 bits per heavy atom. The van der Waals surface area contributed by atoms with E-state index in [1.54, 1.807) is 11.8 Å². The average Bonchev–Trinajstić information content (AvgIpc) is 2.40. The van der Waals surface area contributed by atoms with Crippen LogP contribution in [0, 0.1) is 6.92 Å². The summed E-state index contributed by atoms with van der Waals surface area (Å²) in [5.74, 6) is -0.315. The highest BCUT2D eigenvalue weighted by Crippen LogP contribution is 2.26. The number of hydrogen-bond acceptors (Lipinski definition) is 3. The highest BCUT2D eigenvalue weighted by Gasteiger charge is 2.35. The van der Waals surface area contributed by atoms with E-state index in [9.17, 15) is 9.59 Å². The van der Waals surface area contributed by atoms with Crippen molar-refractivity contribution in [3.8, 4) is 0 Å². The molecule has 1 atom stereocenters. The van der Waals surface area contributed by atoms with Gasteiger partial charge in [0.25, 0.3) is 0 Å². The van der Waals surface area contributed by atoms with Crippen LogP contribution < -0.4 is 4.90 Å². The Kier molecular flexibility index (Phi) is 4.20. The van der Waals surface area contributed by atoms with Gasteiger partial charge in [0.2, 0.25) is 5.91 Å². The van der Waals surface area contributed by atoms with Crippen LogP contribution in [0.4, 0.5) is 5.69 Å². The van der Waals surface area contributed by atoms with Crippen LogP contribution >= 0.6 is 0 Å². The first-order chi connectivity index (χ1) is 9.13. The minimum Gasteiger partial charge on any atom is -0.464 e. The number of ether oxygens (including phenoxy) is 1. The Hall–Kier alpha value is -1.84. The van der Waals surface area contributed by atoms with Gasteiger partial charge in [-0.2, -0.15) is 0 Å². The highest BCUT2D eigenvalue weighted by atomic mass is 16.5. The molecule has 0 spiro atoms. The van der Waals surface area contributed by atoms with Crippen molar-refractivity contribution in [3.05, 3.63) is 29.8 Å². The van der Waals surface area contributed by atoms with Crippen molar-refractivity contribution in [1.82, 2.24) is 0 Å². The van der Waals surface area contributed by atoms with Gasteiger partial charge in [-0.3, -0.25) is 9.69 Å². The molecule has 19 heavy (non-hydrogen) atoms. The van der Waals surface area contributed by atoms with E-state index < -0.39 is 6.04 Å². The summed E-state index contributed by atoms with van der Waals surface area (Å²) in [6.45, 7) is 4.11. The number of nitrogens with zero attached hydrogens (tertiary/aromatic N) is 1. The van der Waals surface area contributed by atoms with Gasteiger partial charge in [0.1, 0.15) is 6.04 Å². The summed E-state index contributed by atoms with van der Waals surface area (Å²) in [4.78, 5) is 25.7. The van der Waals surface area contributed by atoms with E-state index in [0.29, 0.717) is 19.4 Å². The number of piperidine rings is 1. The molecule has 0 bridgehead atoms. The largest absolute Gasteiger partial charge is 0.464 e. The summed E-state index contributed by atoms with van der Waals surface area (Å²) >= 11 is 0. The van der Waals surface area contributed by atoms with Crippen LogP contribution in [0.5, 0.6) is 0 Å². The number of carbonyl (C=O) groups is 2. The predicted molar refractivity (Wildman–Crippen MR) is 72.9 cm³/mol. The first-order valence-electron chi connectivity index (χ1n) is 6.69. The van der Waals surface area contributed by atoms with E-state index in [-0.39, 0.29) is 11.9 Å². The van der Waals surface area contributed by atoms with E-state index in [1.807, 2.05) is 31.2 Å². The van der Waals surface area contributed by atoms with E-state index >= 15 is 0 Å². The third-order valence-electron chi connectivity index (χ3n) is 3.32. The number of benzene rings is 1. The number of carbonyl (C=O) groups excluding carboxylic acids is 2. The molecule has 0 aliphatic carbocycles. The maximum atomic E-state index is 12.1. The molecule has 1 aromatic rings. The second kappa shape index (κ2) is 5.87. The lowest BCUT2D eigenvalue weighted by atomic mass is 10.0. The highest BCUT2D eigenvalue weighted by molar-refractivity contribution is 6.00. The van der Waals surface area contributed by atoms with Gasteiger partial charge in [-0.15, -0.1) is 0 Å². The molecule has 0 saturated carbocycles. The Bertz CT molecular complexity index is 467. The quantitative estimate of drug-likeness (QED) is 0.785. The van der Waals surface area contributed by atoms with E-state index in [2.05, 4.69) is 0 Å². The van der Waals surface area contributed by atoms with Crippen LogP contribution in [-0.2, 0) is 14.3 Å². The summed E-state index contributed by atoms with van der Waals surface area (Å²) in [6, 6.07) is 7.16. The van der Waals surface area contributed by atoms with E-state index in [4.69, 9.17) is 4.74 Å². The maximum Gasteiger partial charge on any atom is 0.329 e. The molecule has 1 heterocycles. The SMILES string of the molecule is CCOC(=O)C1CCCC(=O)N1c1ccc(C)cc1. The van der Waals surface area contributed by atoms with Crippen molar-refractivity contribution < 1.29 is 14.3 Å². The monoisotopic (exact) mass is 261 g/mol. The smallest absolute Gasteiger partial charge is 0.329 e. The molecule has 4 nitrogen and oxygen atoms in total. The number of hydrogen-bond donors (Lipinski definition) is 0. The van der Waals surface area contributed by atoms with Crippen LogP contribution in [-0.4, -0.2) is 24.5 Å². The van der Waals surface area contributed by atoms with Crippen molar-refractivity contribution in [1.29, 1.82) is 0 Å². The lowest BCUT2D eigenvalue weighted by Crippen LogP contribution is -2.49. The third kappa shape index (κ3) is 2.95. The molecule has 1 aliphatic rings. The zero-order valence-corrected chi connectivity index (χ0v) is 11.4. The zero-order chi connectivity index (χ0) is 13.8. The molecule has 1 aliphatic heterocycles. The molecule has 0 radical (unpaired) electrons. The van der Waals surface area contributed by atoms with Crippen LogP contribution in [0.3, 0.4) is 0 Å². The van der Waals surface area contributed by atoms with Crippen molar-refractivity contribution >= 4 is 17.6 Å². The maximum absolute atomic E-state index is 12.1. The standard InChI is InChI=1S/C15H19NO3/c1-3-19-15(18)13-5-4-6-14(17)16(13)12-9-7-11(2)8-10-12/h7-10,13H,3-6H2,1-2H3. The molecule has 0 aromatic heterocycles. The van der Waals surface area contributed by atoms with Crippen LogP contribution in [0.15, 0.2) is 24.3 Å². The summed E-state index contributed by atoms with van der Waals surface area (Å²) in [7, 11) is 0. The summed E-state index contributed by atoms with van der Waals surface area (Å²) < 4.78 is 5.07. The fourth-order valence-corrected chi connectivity index (χ4v) is 2.36. The van der Waals surface area contributed by atoms with Gasteiger partial charge < -0.3 is 4.74 Å². The Balaban J connectivity index is 2.28. The van der Waals surface area contributed by atoms with Crippen molar-refractivity contribution in [3.63, 3.8) is 0 Å². The van der Waals surface area contributed by atoms with Crippen molar-refractivity contribution in [2.24, 2.45) is 0 Å². The van der Waals surface area contributed by atoms with Gasteiger partial charge in [0.05, 0.1) is 6.61 Å². The van der Waals surface area contributed by atoms with Crippen LogP contribution in [0.1, 0.15) is 31.7 Å². The molecule has 0 N–H and O–H groups in total. The molecule has 2 rings (SSSR count). The molecular formula is C15H19NO3. The fraction of sp³-hybridized carbons (Fsp3) is 0.467. The van der Waals surface area contributed by atoms with Crippen molar-refractivity contribution in [2.45, 2.75) is 39.2 Å². The van der Waals surface area contributed by atoms with Crippen LogP contribution in [0.2, 0.25) is 0 Å². The predicted octanol–water partition coefficient (Wildman–Crippen LogP) is 2.44. The van der Waals surface area contributed by atoms with E-state index in [0.717, 1.165) is 17.7 Å². The molecular weight excluding hydrogens is 242 g/mol. The molecule has 4 heteroatoms.